The Morgan fingerprint density at radius 3 is 2.56 bits per heavy atom. The third kappa shape index (κ3) is 6.49. The van der Waals surface area contributed by atoms with Crippen LogP contribution in [0.1, 0.15) is 31.4 Å². The molecule has 0 aliphatic heterocycles. The summed E-state index contributed by atoms with van der Waals surface area (Å²) in [6.07, 6.45) is 1.30. The first kappa shape index (κ1) is 18.8. The predicted molar refractivity (Wildman–Crippen MR) is 100 cm³/mol. The fraction of sp³-hybridized carbons (Fsp3) is 0.381. The third-order valence-electron chi connectivity index (χ3n) is 3.85. The van der Waals surface area contributed by atoms with Crippen LogP contribution < -0.4 is 14.8 Å². The van der Waals surface area contributed by atoms with Crippen LogP contribution in [0.25, 0.3) is 0 Å². The molecule has 1 amide bonds. The van der Waals surface area contributed by atoms with Crippen molar-refractivity contribution < 1.29 is 14.3 Å². The lowest BCUT2D eigenvalue weighted by atomic mass is 10.1. The first-order chi connectivity index (χ1) is 12.1. The predicted octanol–water partition coefficient (Wildman–Crippen LogP) is 3.91. The molecule has 0 aliphatic rings. The van der Waals surface area contributed by atoms with Gasteiger partial charge in [0, 0.05) is 6.54 Å². The first-order valence-corrected chi connectivity index (χ1v) is 8.81. The van der Waals surface area contributed by atoms with Crippen LogP contribution >= 0.6 is 0 Å². The molecule has 2 aromatic rings. The monoisotopic (exact) mass is 341 g/mol. The quantitative estimate of drug-likeness (QED) is 0.704. The largest absolute Gasteiger partial charge is 0.494 e. The molecular formula is C21H27NO3. The van der Waals surface area contributed by atoms with Crippen LogP contribution in [-0.4, -0.2) is 25.2 Å². The van der Waals surface area contributed by atoms with Gasteiger partial charge in [-0.3, -0.25) is 4.79 Å². The van der Waals surface area contributed by atoms with E-state index in [-0.39, 0.29) is 5.91 Å². The number of aryl methyl sites for hydroxylation is 2. The molecule has 1 atom stereocenters. The van der Waals surface area contributed by atoms with Crippen LogP contribution in [0.2, 0.25) is 0 Å². The fourth-order valence-electron chi connectivity index (χ4n) is 2.51. The maximum atomic E-state index is 12.1. The van der Waals surface area contributed by atoms with Crippen molar-refractivity contribution in [3.8, 4) is 11.5 Å². The molecule has 0 aliphatic carbocycles. The van der Waals surface area contributed by atoms with Gasteiger partial charge in [0.25, 0.3) is 5.91 Å². The lowest BCUT2D eigenvalue weighted by Crippen LogP contribution is -2.36. The Bertz CT molecular complexity index is 667. The van der Waals surface area contributed by atoms with E-state index in [1.165, 1.54) is 5.56 Å². The van der Waals surface area contributed by atoms with Crippen molar-refractivity contribution in [1.82, 2.24) is 5.32 Å². The Labute approximate surface area is 150 Å². The second kappa shape index (κ2) is 9.72. The van der Waals surface area contributed by atoms with Gasteiger partial charge < -0.3 is 14.8 Å². The summed E-state index contributed by atoms with van der Waals surface area (Å²) in [5.74, 6) is 1.52. The standard InChI is InChI=1S/C21H27NO3/c1-4-24-19-12-10-18(11-13-19)8-6-14-22-21(23)17(3)25-20-9-5-7-16(2)15-20/h5,7,9-13,15,17H,4,6,8,14H2,1-3H3,(H,22,23)/t17-/m1/s1. The molecule has 25 heavy (non-hydrogen) atoms. The molecule has 0 saturated heterocycles. The maximum Gasteiger partial charge on any atom is 0.260 e. The van der Waals surface area contributed by atoms with E-state index < -0.39 is 6.10 Å². The molecule has 2 aromatic carbocycles. The maximum absolute atomic E-state index is 12.1. The van der Waals surface area contributed by atoms with Crippen LogP contribution in [0, 0.1) is 6.92 Å². The summed E-state index contributed by atoms with van der Waals surface area (Å²) in [6.45, 7) is 7.05. The molecule has 0 radical (unpaired) electrons. The average Bonchev–Trinajstić information content (AvgIpc) is 2.60. The fourth-order valence-corrected chi connectivity index (χ4v) is 2.51. The van der Waals surface area contributed by atoms with E-state index >= 15 is 0 Å². The van der Waals surface area contributed by atoms with Crippen LogP contribution in [0.4, 0.5) is 0 Å². The number of benzene rings is 2. The highest BCUT2D eigenvalue weighted by Crippen LogP contribution is 2.15. The second-order valence-corrected chi connectivity index (χ2v) is 6.05. The molecule has 0 spiro atoms. The first-order valence-electron chi connectivity index (χ1n) is 8.81. The zero-order valence-electron chi connectivity index (χ0n) is 15.2. The molecule has 1 N–H and O–H groups in total. The van der Waals surface area contributed by atoms with Gasteiger partial charge in [0.15, 0.2) is 6.10 Å². The summed E-state index contributed by atoms with van der Waals surface area (Å²) in [7, 11) is 0. The van der Waals surface area contributed by atoms with E-state index in [4.69, 9.17) is 9.47 Å². The number of amides is 1. The number of ether oxygens (including phenoxy) is 2. The minimum absolute atomic E-state index is 0.0896. The van der Waals surface area contributed by atoms with Crippen LogP contribution in [0.15, 0.2) is 48.5 Å². The molecule has 0 saturated carbocycles. The average molecular weight is 341 g/mol. The Morgan fingerprint density at radius 2 is 1.88 bits per heavy atom. The molecule has 134 valence electrons. The van der Waals surface area contributed by atoms with Crippen molar-refractivity contribution in [2.45, 2.75) is 39.7 Å². The van der Waals surface area contributed by atoms with Gasteiger partial charge in [-0.25, -0.2) is 0 Å². The minimum atomic E-state index is -0.507. The Kier molecular flexibility index (Phi) is 7.33. The van der Waals surface area contributed by atoms with Crippen molar-refractivity contribution in [3.63, 3.8) is 0 Å². The summed E-state index contributed by atoms with van der Waals surface area (Å²) in [4.78, 5) is 12.1. The molecule has 0 aromatic heterocycles. The number of nitrogens with one attached hydrogen (secondary N) is 1. The molecule has 0 fully saturated rings. The number of rotatable bonds is 9. The zero-order valence-corrected chi connectivity index (χ0v) is 15.2. The highest BCUT2D eigenvalue weighted by atomic mass is 16.5. The van der Waals surface area contributed by atoms with Gasteiger partial charge in [-0.15, -0.1) is 0 Å². The molecule has 4 nitrogen and oxygen atoms in total. The third-order valence-corrected chi connectivity index (χ3v) is 3.85. The topological polar surface area (TPSA) is 47.6 Å². The molecule has 0 heterocycles. The van der Waals surface area contributed by atoms with E-state index in [1.807, 2.05) is 50.2 Å². The van der Waals surface area contributed by atoms with Crippen molar-refractivity contribution in [3.05, 3.63) is 59.7 Å². The number of hydrogen-bond acceptors (Lipinski definition) is 3. The molecule has 2 rings (SSSR count). The number of carbonyl (C=O) groups is 1. The van der Waals surface area contributed by atoms with E-state index in [0.29, 0.717) is 13.2 Å². The van der Waals surface area contributed by atoms with Gasteiger partial charge in [0.2, 0.25) is 0 Å². The van der Waals surface area contributed by atoms with Crippen molar-refractivity contribution in [2.75, 3.05) is 13.2 Å². The summed E-state index contributed by atoms with van der Waals surface area (Å²) in [5.41, 5.74) is 2.35. The van der Waals surface area contributed by atoms with Crippen LogP contribution in [0.3, 0.4) is 0 Å². The van der Waals surface area contributed by atoms with E-state index in [1.54, 1.807) is 6.92 Å². The minimum Gasteiger partial charge on any atom is -0.494 e. The summed E-state index contributed by atoms with van der Waals surface area (Å²) in [6, 6.07) is 15.8. The van der Waals surface area contributed by atoms with Gasteiger partial charge in [0.05, 0.1) is 6.61 Å². The van der Waals surface area contributed by atoms with Crippen LogP contribution in [0.5, 0.6) is 11.5 Å². The summed E-state index contributed by atoms with van der Waals surface area (Å²) >= 11 is 0. The van der Waals surface area contributed by atoms with E-state index in [2.05, 4.69) is 17.4 Å². The van der Waals surface area contributed by atoms with Gasteiger partial charge >= 0.3 is 0 Å². The Hall–Kier alpha value is -2.49. The second-order valence-electron chi connectivity index (χ2n) is 6.05. The summed E-state index contributed by atoms with van der Waals surface area (Å²) in [5, 5.41) is 2.93. The van der Waals surface area contributed by atoms with Crippen molar-refractivity contribution in [2.24, 2.45) is 0 Å². The van der Waals surface area contributed by atoms with Gasteiger partial charge in [-0.2, -0.15) is 0 Å². The van der Waals surface area contributed by atoms with Gasteiger partial charge in [0.1, 0.15) is 11.5 Å². The number of carbonyl (C=O) groups excluding carboxylic acids is 1. The molecule has 0 bridgehead atoms. The molecule has 4 heteroatoms. The van der Waals surface area contributed by atoms with Gasteiger partial charge in [-0.1, -0.05) is 24.3 Å². The van der Waals surface area contributed by atoms with E-state index in [9.17, 15) is 4.79 Å². The lowest BCUT2D eigenvalue weighted by molar-refractivity contribution is -0.127. The molecular weight excluding hydrogens is 314 g/mol. The Morgan fingerprint density at radius 1 is 1.12 bits per heavy atom. The Balaban J connectivity index is 1.69. The van der Waals surface area contributed by atoms with Crippen molar-refractivity contribution in [1.29, 1.82) is 0 Å². The highest BCUT2D eigenvalue weighted by Gasteiger charge is 2.13. The molecule has 0 unspecified atom stereocenters. The normalized spacial score (nSPS) is 11.6. The zero-order chi connectivity index (χ0) is 18.1. The summed E-state index contributed by atoms with van der Waals surface area (Å²) < 4.78 is 11.1. The lowest BCUT2D eigenvalue weighted by Gasteiger charge is -2.15. The number of hydrogen-bond donors (Lipinski definition) is 1. The SMILES string of the molecule is CCOc1ccc(CCCNC(=O)[C@@H](C)Oc2cccc(C)c2)cc1. The highest BCUT2D eigenvalue weighted by molar-refractivity contribution is 5.80. The van der Waals surface area contributed by atoms with E-state index in [0.717, 1.165) is 29.9 Å². The smallest absolute Gasteiger partial charge is 0.260 e. The van der Waals surface area contributed by atoms with Crippen molar-refractivity contribution >= 4 is 5.91 Å². The van der Waals surface area contributed by atoms with Crippen LogP contribution in [-0.2, 0) is 11.2 Å². The van der Waals surface area contributed by atoms with Gasteiger partial charge in [-0.05, 0) is 69.0 Å².